The molecule has 1 aromatic heterocycles. The maximum Gasteiger partial charge on any atom is 0.260 e. The lowest BCUT2D eigenvalue weighted by Crippen LogP contribution is -2.29. The van der Waals surface area contributed by atoms with Crippen LogP contribution in [0.3, 0.4) is 0 Å². The van der Waals surface area contributed by atoms with Gasteiger partial charge in [-0.05, 0) is 38.1 Å². The third-order valence-electron chi connectivity index (χ3n) is 3.78. The van der Waals surface area contributed by atoms with Crippen LogP contribution in [0.2, 0.25) is 0 Å². The van der Waals surface area contributed by atoms with Crippen LogP contribution >= 0.6 is 11.3 Å². The molecule has 0 atom stereocenters. The number of aromatic nitrogens is 1. The Morgan fingerprint density at radius 1 is 1.26 bits per heavy atom. The lowest BCUT2D eigenvalue weighted by atomic mass is 10.1. The first kappa shape index (κ1) is 16.0. The number of amides is 1. The van der Waals surface area contributed by atoms with Crippen LogP contribution in [0, 0.1) is 11.6 Å². The van der Waals surface area contributed by atoms with Gasteiger partial charge in [-0.1, -0.05) is 6.42 Å². The van der Waals surface area contributed by atoms with Crippen molar-refractivity contribution in [1.82, 2.24) is 9.88 Å². The summed E-state index contributed by atoms with van der Waals surface area (Å²) < 4.78 is 26.5. The highest BCUT2D eigenvalue weighted by atomic mass is 32.1. The van der Waals surface area contributed by atoms with E-state index in [-0.39, 0.29) is 5.56 Å². The summed E-state index contributed by atoms with van der Waals surface area (Å²) in [6.07, 6.45) is 3.69. The van der Waals surface area contributed by atoms with Crippen molar-refractivity contribution >= 4 is 22.4 Å². The number of benzene rings is 1. The lowest BCUT2D eigenvalue weighted by Gasteiger charge is -2.25. The van der Waals surface area contributed by atoms with Gasteiger partial charge in [-0.2, -0.15) is 0 Å². The van der Waals surface area contributed by atoms with Crippen molar-refractivity contribution in [1.29, 1.82) is 0 Å². The fraction of sp³-hybridized carbons (Fsp3) is 0.375. The van der Waals surface area contributed by atoms with Crippen molar-refractivity contribution in [2.45, 2.75) is 25.8 Å². The molecule has 0 radical (unpaired) electrons. The summed E-state index contributed by atoms with van der Waals surface area (Å²) in [6, 6.07) is 2.88. The predicted molar refractivity (Wildman–Crippen MR) is 85.6 cm³/mol. The second-order valence-electron chi connectivity index (χ2n) is 5.56. The number of nitrogens with zero attached hydrogens (tertiary/aromatic N) is 2. The number of nitrogens with one attached hydrogen (secondary N) is 1. The molecule has 1 aromatic carbocycles. The molecule has 3 rings (SSSR count). The zero-order valence-corrected chi connectivity index (χ0v) is 13.3. The third kappa shape index (κ3) is 4.11. The Kier molecular flexibility index (Phi) is 4.97. The highest BCUT2D eigenvalue weighted by Crippen LogP contribution is 2.20. The molecule has 122 valence electrons. The van der Waals surface area contributed by atoms with Crippen molar-refractivity contribution in [2.24, 2.45) is 0 Å². The van der Waals surface area contributed by atoms with Crippen molar-refractivity contribution < 1.29 is 13.6 Å². The third-order valence-corrected chi connectivity index (χ3v) is 4.59. The van der Waals surface area contributed by atoms with E-state index in [2.05, 4.69) is 15.2 Å². The first-order chi connectivity index (χ1) is 11.1. The Morgan fingerprint density at radius 3 is 2.78 bits per heavy atom. The lowest BCUT2D eigenvalue weighted by molar-refractivity contribution is 0.102. The van der Waals surface area contributed by atoms with E-state index in [1.165, 1.54) is 30.6 Å². The maximum absolute atomic E-state index is 13.6. The minimum absolute atomic E-state index is 0.195. The molecule has 0 unspecified atom stereocenters. The van der Waals surface area contributed by atoms with Gasteiger partial charge in [0, 0.05) is 18.0 Å². The summed E-state index contributed by atoms with van der Waals surface area (Å²) in [4.78, 5) is 18.7. The van der Waals surface area contributed by atoms with Crippen LogP contribution in [0.1, 0.15) is 35.3 Å². The molecule has 1 fully saturated rings. The molecule has 4 nitrogen and oxygen atoms in total. The fourth-order valence-electron chi connectivity index (χ4n) is 2.62. The molecule has 23 heavy (non-hydrogen) atoms. The van der Waals surface area contributed by atoms with Gasteiger partial charge >= 0.3 is 0 Å². The van der Waals surface area contributed by atoms with Gasteiger partial charge in [-0.25, -0.2) is 13.8 Å². The molecule has 1 aliphatic heterocycles. The normalized spacial score (nSPS) is 15.6. The quantitative estimate of drug-likeness (QED) is 0.926. The van der Waals surface area contributed by atoms with Crippen molar-refractivity contribution in [2.75, 3.05) is 18.4 Å². The number of rotatable bonds is 4. The Labute approximate surface area is 137 Å². The summed E-state index contributed by atoms with van der Waals surface area (Å²) in [5, 5.41) is 4.88. The number of hydrogen-bond acceptors (Lipinski definition) is 4. The van der Waals surface area contributed by atoms with Crippen LogP contribution in [0.5, 0.6) is 0 Å². The first-order valence-electron chi connectivity index (χ1n) is 7.55. The van der Waals surface area contributed by atoms with Crippen LogP contribution in [0.4, 0.5) is 13.9 Å². The van der Waals surface area contributed by atoms with E-state index in [0.29, 0.717) is 11.2 Å². The average molecular weight is 337 g/mol. The van der Waals surface area contributed by atoms with Crippen LogP contribution in [0.15, 0.2) is 23.6 Å². The molecule has 2 heterocycles. The number of hydrogen-bond donors (Lipinski definition) is 1. The minimum Gasteiger partial charge on any atom is -0.298 e. The van der Waals surface area contributed by atoms with Gasteiger partial charge < -0.3 is 0 Å². The highest BCUT2D eigenvalue weighted by Gasteiger charge is 2.16. The first-order valence-corrected chi connectivity index (χ1v) is 8.43. The van der Waals surface area contributed by atoms with Gasteiger partial charge in [0.25, 0.3) is 5.91 Å². The summed E-state index contributed by atoms with van der Waals surface area (Å²) in [7, 11) is 0. The number of anilines is 1. The number of piperidine rings is 1. The zero-order chi connectivity index (χ0) is 16.2. The summed E-state index contributed by atoms with van der Waals surface area (Å²) >= 11 is 1.30. The van der Waals surface area contributed by atoms with Crippen LogP contribution in [-0.2, 0) is 6.54 Å². The van der Waals surface area contributed by atoms with Crippen LogP contribution in [0.25, 0.3) is 0 Å². The number of thiazole rings is 1. The van der Waals surface area contributed by atoms with Crippen LogP contribution < -0.4 is 5.32 Å². The zero-order valence-electron chi connectivity index (χ0n) is 12.5. The van der Waals surface area contributed by atoms with E-state index in [0.717, 1.165) is 37.5 Å². The van der Waals surface area contributed by atoms with Gasteiger partial charge in [0.15, 0.2) is 5.13 Å². The summed E-state index contributed by atoms with van der Waals surface area (Å²) in [6.45, 7) is 2.90. The smallest absolute Gasteiger partial charge is 0.260 e. The minimum atomic E-state index is -0.882. The molecule has 1 aliphatic rings. The SMILES string of the molecule is O=C(Nc1nc(CN2CCCCC2)cs1)c1ccc(F)cc1F. The molecule has 0 aliphatic carbocycles. The molecule has 0 saturated carbocycles. The van der Waals surface area contributed by atoms with Crippen molar-refractivity contribution in [3.05, 3.63) is 46.5 Å². The topological polar surface area (TPSA) is 45.2 Å². The molecule has 1 amide bonds. The molecular weight excluding hydrogens is 320 g/mol. The van der Waals surface area contributed by atoms with E-state index in [4.69, 9.17) is 0 Å². The van der Waals surface area contributed by atoms with Crippen molar-refractivity contribution in [3.63, 3.8) is 0 Å². The molecule has 7 heteroatoms. The molecule has 1 N–H and O–H groups in total. The monoisotopic (exact) mass is 337 g/mol. The Bertz CT molecular complexity index is 698. The fourth-order valence-corrected chi connectivity index (χ4v) is 3.32. The predicted octanol–water partition coefficient (Wildman–Crippen LogP) is 3.66. The number of carbonyl (C=O) groups is 1. The van der Waals surface area contributed by atoms with E-state index in [1.54, 1.807) is 0 Å². The summed E-state index contributed by atoms with van der Waals surface area (Å²) in [5.41, 5.74) is 0.700. The Hall–Kier alpha value is -1.86. The van der Waals surface area contributed by atoms with Crippen LogP contribution in [-0.4, -0.2) is 28.9 Å². The molecule has 0 bridgehead atoms. The van der Waals surface area contributed by atoms with Gasteiger partial charge in [0.1, 0.15) is 11.6 Å². The number of halogens is 2. The molecular formula is C16H17F2N3OS. The number of likely N-dealkylation sites (tertiary alicyclic amines) is 1. The molecule has 1 saturated heterocycles. The van der Waals surface area contributed by atoms with Gasteiger partial charge in [-0.3, -0.25) is 15.0 Å². The Morgan fingerprint density at radius 2 is 2.04 bits per heavy atom. The van der Waals surface area contributed by atoms with Gasteiger partial charge in [0.05, 0.1) is 11.3 Å². The van der Waals surface area contributed by atoms with E-state index >= 15 is 0 Å². The largest absolute Gasteiger partial charge is 0.298 e. The molecule has 0 spiro atoms. The maximum atomic E-state index is 13.6. The highest BCUT2D eigenvalue weighted by molar-refractivity contribution is 7.13. The van der Waals surface area contributed by atoms with E-state index in [1.807, 2.05) is 5.38 Å². The second kappa shape index (κ2) is 7.14. The standard InChI is InChI=1S/C16H17F2N3OS/c17-11-4-5-13(14(18)8-11)15(22)20-16-19-12(10-23-16)9-21-6-2-1-3-7-21/h4-5,8,10H,1-3,6-7,9H2,(H,19,20,22). The van der Waals surface area contributed by atoms with Gasteiger partial charge in [0.2, 0.25) is 0 Å². The van der Waals surface area contributed by atoms with E-state index in [9.17, 15) is 13.6 Å². The van der Waals surface area contributed by atoms with Crippen molar-refractivity contribution in [3.8, 4) is 0 Å². The average Bonchev–Trinajstić information content (AvgIpc) is 2.95. The van der Waals surface area contributed by atoms with Gasteiger partial charge in [-0.15, -0.1) is 11.3 Å². The Balaban J connectivity index is 1.62. The molecule has 2 aromatic rings. The summed E-state index contributed by atoms with van der Waals surface area (Å²) in [5.74, 6) is -2.22. The van der Waals surface area contributed by atoms with E-state index < -0.39 is 17.5 Å². The second-order valence-corrected chi connectivity index (χ2v) is 6.42. The number of carbonyl (C=O) groups excluding carboxylic acids is 1.